The Balaban J connectivity index is 3.88. The zero-order valence-electron chi connectivity index (χ0n) is 4.87. The van der Waals surface area contributed by atoms with E-state index in [0.29, 0.717) is 0 Å². The van der Waals surface area contributed by atoms with Gasteiger partial charge in [0.1, 0.15) is 0 Å². The van der Waals surface area contributed by atoms with Crippen LogP contribution in [0.2, 0.25) is 0 Å². The van der Waals surface area contributed by atoms with Crippen LogP contribution in [0.1, 0.15) is 6.92 Å². The molecule has 0 aliphatic heterocycles. The van der Waals surface area contributed by atoms with Crippen molar-refractivity contribution in [2.45, 2.75) is 6.92 Å². The van der Waals surface area contributed by atoms with Gasteiger partial charge in [-0.1, -0.05) is 0 Å². The van der Waals surface area contributed by atoms with Gasteiger partial charge in [-0.3, -0.25) is 10.0 Å². The fourth-order valence-electron chi connectivity index (χ4n) is 0.254. The summed E-state index contributed by atoms with van der Waals surface area (Å²) in [5.74, 6) is -2.96. The van der Waals surface area contributed by atoms with Crippen LogP contribution in [-0.2, 0) is 9.59 Å². The number of nitrogens with zero attached hydrogens (tertiary/aromatic N) is 1. The van der Waals surface area contributed by atoms with Crippen LogP contribution >= 0.6 is 0 Å². The molecular formula is C4H7NO4. The van der Waals surface area contributed by atoms with E-state index in [9.17, 15) is 9.59 Å². The smallest absolute Gasteiger partial charge is 0.396 e. The third kappa shape index (κ3) is 2.09. The van der Waals surface area contributed by atoms with Gasteiger partial charge in [0.15, 0.2) is 0 Å². The average Bonchev–Trinajstić information content (AvgIpc) is 1.84. The molecule has 2 N–H and O–H groups in total. The minimum absolute atomic E-state index is 0.0227. The normalized spacial score (nSPS) is 8.67. The molecule has 0 radical (unpaired) electrons. The number of amides is 1. The fraction of sp³-hybridized carbons (Fsp3) is 0.500. The Kier molecular flexibility index (Phi) is 2.66. The van der Waals surface area contributed by atoms with Crippen LogP contribution in [0.25, 0.3) is 0 Å². The number of carbonyl (C=O) groups is 2. The average molecular weight is 133 g/mol. The minimum Gasteiger partial charge on any atom is -0.474 e. The number of aliphatic carboxylic acids is 1. The van der Waals surface area contributed by atoms with Crippen LogP contribution in [0, 0.1) is 0 Å². The first-order valence-corrected chi connectivity index (χ1v) is 2.33. The highest BCUT2D eigenvalue weighted by molar-refractivity contribution is 6.30. The van der Waals surface area contributed by atoms with Crippen molar-refractivity contribution in [1.82, 2.24) is 5.06 Å². The summed E-state index contributed by atoms with van der Waals surface area (Å²) in [6.07, 6.45) is 0. The molecule has 5 heteroatoms. The van der Waals surface area contributed by atoms with E-state index in [1.165, 1.54) is 6.92 Å². The van der Waals surface area contributed by atoms with Crippen molar-refractivity contribution in [2.24, 2.45) is 0 Å². The molecule has 0 atom stereocenters. The molecule has 0 unspecified atom stereocenters. The molecule has 0 saturated carbocycles. The Morgan fingerprint density at radius 2 is 2.00 bits per heavy atom. The fourth-order valence-corrected chi connectivity index (χ4v) is 0.254. The van der Waals surface area contributed by atoms with Crippen molar-refractivity contribution in [2.75, 3.05) is 6.54 Å². The SMILES string of the molecule is CCN(O)C(=O)C(=O)O. The van der Waals surface area contributed by atoms with Crippen LogP contribution in [0.4, 0.5) is 0 Å². The Bertz CT molecular complexity index is 133. The van der Waals surface area contributed by atoms with E-state index in [4.69, 9.17) is 10.3 Å². The molecule has 9 heavy (non-hydrogen) atoms. The predicted octanol–water partition coefficient (Wildman–Crippen LogP) is -0.691. The summed E-state index contributed by atoms with van der Waals surface area (Å²) in [6, 6.07) is 0. The summed E-state index contributed by atoms with van der Waals surface area (Å²) in [6.45, 7) is 1.44. The van der Waals surface area contributed by atoms with Gasteiger partial charge in [-0.2, -0.15) is 0 Å². The van der Waals surface area contributed by atoms with Gasteiger partial charge in [-0.05, 0) is 6.92 Å². The summed E-state index contributed by atoms with van der Waals surface area (Å²) in [7, 11) is 0. The van der Waals surface area contributed by atoms with Crippen molar-refractivity contribution in [3.63, 3.8) is 0 Å². The van der Waals surface area contributed by atoms with Crippen LogP contribution in [0.3, 0.4) is 0 Å². The number of carboxylic acids is 1. The molecule has 0 fully saturated rings. The van der Waals surface area contributed by atoms with Gasteiger partial charge in [0.2, 0.25) is 0 Å². The highest BCUT2D eigenvalue weighted by atomic mass is 16.5. The Morgan fingerprint density at radius 3 is 2.11 bits per heavy atom. The summed E-state index contributed by atoms with van der Waals surface area (Å²) >= 11 is 0. The molecule has 1 amide bonds. The predicted molar refractivity (Wildman–Crippen MR) is 26.8 cm³/mol. The number of likely N-dealkylation sites (N-methyl/N-ethyl adjacent to an activating group) is 1. The second kappa shape index (κ2) is 3.03. The number of rotatable bonds is 1. The van der Waals surface area contributed by atoms with Crippen LogP contribution in [0.5, 0.6) is 0 Å². The van der Waals surface area contributed by atoms with E-state index in [-0.39, 0.29) is 11.6 Å². The van der Waals surface area contributed by atoms with Gasteiger partial charge < -0.3 is 5.11 Å². The zero-order chi connectivity index (χ0) is 7.44. The molecular weight excluding hydrogens is 126 g/mol. The van der Waals surface area contributed by atoms with E-state index in [1.807, 2.05) is 0 Å². The van der Waals surface area contributed by atoms with Gasteiger partial charge in [0, 0.05) is 6.54 Å². The van der Waals surface area contributed by atoms with E-state index in [2.05, 4.69) is 0 Å². The molecule has 0 heterocycles. The summed E-state index contributed by atoms with van der Waals surface area (Å²) in [5.41, 5.74) is 0. The molecule has 5 nitrogen and oxygen atoms in total. The number of hydrogen-bond donors (Lipinski definition) is 2. The Morgan fingerprint density at radius 1 is 1.56 bits per heavy atom. The zero-order valence-corrected chi connectivity index (χ0v) is 4.87. The van der Waals surface area contributed by atoms with E-state index in [0.717, 1.165) is 0 Å². The largest absolute Gasteiger partial charge is 0.474 e. The monoisotopic (exact) mass is 133 g/mol. The van der Waals surface area contributed by atoms with Crippen molar-refractivity contribution in [3.8, 4) is 0 Å². The molecule has 0 aliphatic carbocycles. The number of hydrogen-bond acceptors (Lipinski definition) is 3. The maximum Gasteiger partial charge on any atom is 0.396 e. The van der Waals surface area contributed by atoms with Crippen LogP contribution in [0.15, 0.2) is 0 Å². The molecule has 0 bridgehead atoms. The third-order valence-corrected chi connectivity index (χ3v) is 0.717. The molecule has 0 rings (SSSR count). The Hall–Kier alpha value is -1.10. The summed E-state index contributed by atoms with van der Waals surface area (Å²) < 4.78 is 0. The second-order valence-electron chi connectivity index (χ2n) is 1.33. The van der Waals surface area contributed by atoms with Gasteiger partial charge in [0.05, 0.1) is 0 Å². The van der Waals surface area contributed by atoms with Crippen molar-refractivity contribution >= 4 is 11.9 Å². The Labute approximate surface area is 51.5 Å². The van der Waals surface area contributed by atoms with Crippen molar-refractivity contribution < 1.29 is 19.9 Å². The topological polar surface area (TPSA) is 77.8 Å². The second-order valence-corrected chi connectivity index (χ2v) is 1.33. The maximum atomic E-state index is 10.2. The molecule has 0 aromatic carbocycles. The molecule has 52 valence electrons. The van der Waals surface area contributed by atoms with E-state index in [1.54, 1.807) is 0 Å². The highest BCUT2D eigenvalue weighted by Gasteiger charge is 2.16. The lowest BCUT2D eigenvalue weighted by Crippen LogP contribution is -2.33. The molecule has 0 spiro atoms. The quantitative estimate of drug-likeness (QED) is 0.282. The van der Waals surface area contributed by atoms with Gasteiger partial charge in [-0.25, -0.2) is 9.86 Å². The van der Waals surface area contributed by atoms with Gasteiger partial charge >= 0.3 is 11.9 Å². The number of hydroxylamine groups is 2. The lowest BCUT2D eigenvalue weighted by atomic mass is 10.6. The first-order chi connectivity index (χ1) is 4.09. The van der Waals surface area contributed by atoms with E-state index >= 15 is 0 Å². The standard InChI is InChI=1S/C4H7NO4/c1-2-5(9)3(6)4(7)8/h9H,2H2,1H3,(H,7,8). The van der Waals surface area contributed by atoms with Crippen molar-refractivity contribution in [1.29, 1.82) is 0 Å². The first-order valence-electron chi connectivity index (χ1n) is 2.33. The van der Waals surface area contributed by atoms with Crippen LogP contribution in [-0.4, -0.2) is 33.8 Å². The van der Waals surface area contributed by atoms with Crippen molar-refractivity contribution in [3.05, 3.63) is 0 Å². The summed E-state index contributed by atoms with van der Waals surface area (Å²) in [4.78, 5) is 19.9. The minimum atomic E-state index is -1.65. The highest BCUT2D eigenvalue weighted by Crippen LogP contribution is 1.80. The third-order valence-electron chi connectivity index (χ3n) is 0.717. The van der Waals surface area contributed by atoms with Gasteiger partial charge in [-0.15, -0.1) is 0 Å². The molecule has 0 aliphatic rings. The van der Waals surface area contributed by atoms with E-state index < -0.39 is 11.9 Å². The molecule has 0 aromatic rings. The lowest BCUT2D eigenvalue weighted by Gasteiger charge is -2.06. The van der Waals surface area contributed by atoms with Gasteiger partial charge in [0.25, 0.3) is 0 Å². The van der Waals surface area contributed by atoms with Crippen LogP contribution < -0.4 is 0 Å². The molecule has 0 aromatic heterocycles. The lowest BCUT2D eigenvalue weighted by molar-refractivity contribution is -0.176. The first kappa shape index (κ1) is 7.90. The molecule has 0 saturated heterocycles. The summed E-state index contributed by atoms with van der Waals surface area (Å²) in [5, 5.41) is 16.5. The number of carboxylic acid groups (broad SMARTS) is 1. The number of carbonyl (C=O) groups excluding carboxylic acids is 1. The maximum absolute atomic E-state index is 10.2.